The van der Waals surface area contributed by atoms with E-state index in [0.717, 1.165) is 5.56 Å². The monoisotopic (exact) mass is 252 g/mol. The number of amides is 1. The Balaban J connectivity index is 2.33. The number of hydrogen-bond acceptors (Lipinski definition) is 4. The molecule has 0 saturated carbocycles. The van der Waals surface area contributed by atoms with Gasteiger partial charge in [-0.15, -0.1) is 0 Å². The van der Waals surface area contributed by atoms with Crippen molar-refractivity contribution in [3.8, 4) is 11.5 Å². The SMILES string of the molecule is CCNC(=O)CCNCc1ccc(O)c(OC)c1. The fourth-order valence-corrected chi connectivity index (χ4v) is 1.55. The Labute approximate surface area is 107 Å². The van der Waals surface area contributed by atoms with Crippen molar-refractivity contribution < 1.29 is 14.6 Å². The van der Waals surface area contributed by atoms with E-state index < -0.39 is 0 Å². The molecule has 0 aliphatic heterocycles. The van der Waals surface area contributed by atoms with Gasteiger partial charge in [-0.05, 0) is 24.6 Å². The van der Waals surface area contributed by atoms with Crippen molar-refractivity contribution in [2.75, 3.05) is 20.2 Å². The summed E-state index contributed by atoms with van der Waals surface area (Å²) >= 11 is 0. The summed E-state index contributed by atoms with van der Waals surface area (Å²) < 4.78 is 5.02. The molecule has 0 unspecified atom stereocenters. The lowest BCUT2D eigenvalue weighted by molar-refractivity contribution is -0.120. The summed E-state index contributed by atoms with van der Waals surface area (Å²) in [5, 5.41) is 15.3. The zero-order chi connectivity index (χ0) is 13.4. The number of aromatic hydroxyl groups is 1. The van der Waals surface area contributed by atoms with Crippen molar-refractivity contribution in [1.29, 1.82) is 0 Å². The molecule has 1 aromatic rings. The molecule has 1 aromatic carbocycles. The number of hydrogen-bond donors (Lipinski definition) is 3. The predicted octanol–water partition coefficient (Wildman–Crippen LogP) is 1.02. The van der Waals surface area contributed by atoms with Gasteiger partial charge in [-0.1, -0.05) is 6.07 Å². The molecule has 1 amide bonds. The minimum absolute atomic E-state index is 0.0493. The van der Waals surface area contributed by atoms with E-state index in [1.54, 1.807) is 12.1 Å². The molecular weight excluding hydrogens is 232 g/mol. The summed E-state index contributed by atoms with van der Waals surface area (Å²) in [5.41, 5.74) is 1.00. The van der Waals surface area contributed by atoms with Crippen molar-refractivity contribution in [2.24, 2.45) is 0 Å². The number of carbonyl (C=O) groups is 1. The van der Waals surface area contributed by atoms with Crippen LogP contribution in [0.2, 0.25) is 0 Å². The fraction of sp³-hybridized carbons (Fsp3) is 0.462. The van der Waals surface area contributed by atoms with Crippen LogP contribution in [0.1, 0.15) is 18.9 Å². The Bertz CT molecular complexity index is 394. The summed E-state index contributed by atoms with van der Waals surface area (Å²) in [6.07, 6.45) is 0.461. The Hall–Kier alpha value is -1.75. The highest BCUT2D eigenvalue weighted by Gasteiger charge is 2.03. The van der Waals surface area contributed by atoms with Crippen LogP contribution in [0, 0.1) is 0 Å². The third kappa shape index (κ3) is 4.63. The third-order valence-electron chi connectivity index (χ3n) is 2.48. The number of nitrogens with one attached hydrogen (secondary N) is 2. The molecule has 0 aromatic heterocycles. The van der Waals surface area contributed by atoms with Crippen LogP contribution in [0.25, 0.3) is 0 Å². The van der Waals surface area contributed by atoms with Gasteiger partial charge in [-0.2, -0.15) is 0 Å². The highest BCUT2D eigenvalue weighted by atomic mass is 16.5. The highest BCUT2D eigenvalue weighted by molar-refractivity contribution is 5.75. The molecule has 0 spiro atoms. The molecular formula is C13H20N2O3. The van der Waals surface area contributed by atoms with Crippen molar-refractivity contribution in [3.05, 3.63) is 23.8 Å². The maximum atomic E-state index is 11.2. The average Bonchev–Trinajstić information content (AvgIpc) is 2.37. The Kier molecular flexibility index (Phi) is 6.00. The van der Waals surface area contributed by atoms with Gasteiger partial charge in [0.2, 0.25) is 5.91 Å². The van der Waals surface area contributed by atoms with E-state index in [-0.39, 0.29) is 11.7 Å². The van der Waals surface area contributed by atoms with E-state index in [0.29, 0.717) is 31.8 Å². The van der Waals surface area contributed by atoms with Crippen LogP contribution in [0.4, 0.5) is 0 Å². The summed E-state index contributed by atoms with van der Waals surface area (Å²) in [7, 11) is 1.52. The second-order valence-electron chi connectivity index (χ2n) is 3.89. The standard InChI is InChI=1S/C13H20N2O3/c1-3-15-13(17)6-7-14-9-10-4-5-11(16)12(8-10)18-2/h4-5,8,14,16H,3,6-7,9H2,1-2H3,(H,15,17). The molecule has 0 atom stereocenters. The minimum atomic E-state index is 0.0493. The van der Waals surface area contributed by atoms with Crippen LogP contribution in [-0.2, 0) is 11.3 Å². The van der Waals surface area contributed by atoms with Crippen LogP contribution < -0.4 is 15.4 Å². The van der Waals surface area contributed by atoms with Gasteiger partial charge in [0.1, 0.15) is 0 Å². The topological polar surface area (TPSA) is 70.6 Å². The van der Waals surface area contributed by atoms with Crippen LogP contribution in [0.15, 0.2) is 18.2 Å². The first kappa shape index (κ1) is 14.3. The average molecular weight is 252 g/mol. The number of phenolic OH excluding ortho intramolecular Hbond substituents is 1. The van der Waals surface area contributed by atoms with E-state index >= 15 is 0 Å². The number of carbonyl (C=O) groups excluding carboxylic acids is 1. The van der Waals surface area contributed by atoms with Crippen molar-refractivity contribution in [3.63, 3.8) is 0 Å². The molecule has 0 fully saturated rings. The van der Waals surface area contributed by atoms with Crippen LogP contribution in [0.3, 0.4) is 0 Å². The summed E-state index contributed by atoms with van der Waals surface area (Å²) in [5.74, 6) is 0.634. The van der Waals surface area contributed by atoms with Gasteiger partial charge in [0.25, 0.3) is 0 Å². The molecule has 0 aliphatic rings. The summed E-state index contributed by atoms with van der Waals surface area (Å²) in [6.45, 7) is 3.81. The van der Waals surface area contributed by atoms with Gasteiger partial charge in [0, 0.05) is 26.1 Å². The molecule has 18 heavy (non-hydrogen) atoms. The van der Waals surface area contributed by atoms with E-state index in [2.05, 4.69) is 10.6 Å². The predicted molar refractivity (Wildman–Crippen MR) is 69.7 cm³/mol. The molecule has 0 radical (unpaired) electrons. The molecule has 0 heterocycles. The maximum absolute atomic E-state index is 11.2. The molecule has 0 aliphatic carbocycles. The first-order chi connectivity index (χ1) is 8.67. The smallest absolute Gasteiger partial charge is 0.221 e. The van der Waals surface area contributed by atoms with E-state index in [4.69, 9.17) is 4.74 Å². The zero-order valence-electron chi connectivity index (χ0n) is 10.8. The van der Waals surface area contributed by atoms with Crippen molar-refractivity contribution in [1.82, 2.24) is 10.6 Å². The Morgan fingerprint density at radius 3 is 2.89 bits per heavy atom. The molecule has 1 rings (SSSR count). The van der Waals surface area contributed by atoms with Gasteiger partial charge < -0.3 is 20.5 Å². The molecule has 5 nitrogen and oxygen atoms in total. The van der Waals surface area contributed by atoms with E-state index in [1.807, 2.05) is 13.0 Å². The van der Waals surface area contributed by atoms with Gasteiger partial charge in [0.05, 0.1) is 7.11 Å². The number of phenols is 1. The Morgan fingerprint density at radius 1 is 1.44 bits per heavy atom. The van der Waals surface area contributed by atoms with Crippen LogP contribution >= 0.6 is 0 Å². The highest BCUT2D eigenvalue weighted by Crippen LogP contribution is 2.25. The largest absolute Gasteiger partial charge is 0.504 e. The lowest BCUT2D eigenvalue weighted by Gasteiger charge is -2.08. The van der Waals surface area contributed by atoms with Crippen LogP contribution in [-0.4, -0.2) is 31.2 Å². The van der Waals surface area contributed by atoms with Crippen molar-refractivity contribution in [2.45, 2.75) is 19.9 Å². The maximum Gasteiger partial charge on any atom is 0.221 e. The lowest BCUT2D eigenvalue weighted by Crippen LogP contribution is -2.27. The quantitative estimate of drug-likeness (QED) is 0.634. The first-order valence-corrected chi connectivity index (χ1v) is 6.00. The van der Waals surface area contributed by atoms with Gasteiger partial charge in [0.15, 0.2) is 11.5 Å². The normalized spacial score (nSPS) is 10.1. The van der Waals surface area contributed by atoms with Gasteiger partial charge in [-0.3, -0.25) is 4.79 Å². The second kappa shape index (κ2) is 7.55. The lowest BCUT2D eigenvalue weighted by atomic mass is 10.2. The van der Waals surface area contributed by atoms with Crippen LogP contribution in [0.5, 0.6) is 11.5 Å². The molecule has 0 saturated heterocycles. The molecule has 5 heteroatoms. The van der Waals surface area contributed by atoms with Gasteiger partial charge in [-0.25, -0.2) is 0 Å². The summed E-state index contributed by atoms with van der Waals surface area (Å²) in [4.78, 5) is 11.2. The third-order valence-corrected chi connectivity index (χ3v) is 2.48. The second-order valence-corrected chi connectivity index (χ2v) is 3.89. The van der Waals surface area contributed by atoms with Gasteiger partial charge >= 0.3 is 0 Å². The number of benzene rings is 1. The number of methoxy groups -OCH3 is 1. The molecule has 100 valence electrons. The zero-order valence-corrected chi connectivity index (χ0v) is 10.8. The minimum Gasteiger partial charge on any atom is -0.504 e. The molecule has 0 bridgehead atoms. The number of ether oxygens (including phenoxy) is 1. The van der Waals surface area contributed by atoms with E-state index in [9.17, 15) is 9.90 Å². The fourth-order valence-electron chi connectivity index (χ4n) is 1.55. The number of rotatable bonds is 7. The first-order valence-electron chi connectivity index (χ1n) is 6.00. The molecule has 3 N–H and O–H groups in total. The summed E-state index contributed by atoms with van der Waals surface area (Å²) in [6, 6.07) is 5.19. The van der Waals surface area contributed by atoms with E-state index in [1.165, 1.54) is 7.11 Å². The Morgan fingerprint density at radius 2 is 2.22 bits per heavy atom. The van der Waals surface area contributed by atoms with Crippen molar-refractivity contribution >= 4 is 5.91 Å².